The highest BCUT2D eigenvalue weighted by molar-refractivity contribution is 14.1. The van der Waals surface area contributed by atoms with E-state index in [9.17, 15) is 23.2 Å². The molecule has 0 fully saturated rings. The quantitative estimate of drug-likeness (QED) is 0.137. The largest absolute Gasteiger partial charge is 0.449 e. The lowest BCUT2D eigenvalue weighted by Gasteiger charge is -2.20. The number of halogens is 3. The van der Waals surface area contributed by atoms with Gasteiger partial charge >= 0.3 is 12.1 Å². The van der Waals surface area contributed by atoms with Gasteiger partial charge in [0.15, 0.2) is 0 Å². The number of amides is 4. The smallest absolute Gasteiger partial charge is 0.407 e. The molecule has 0 heterocycles. The molecule has 1 atom stereocenters. The lowest BCUT2D eigenvalue weighted by Crippen LogP contribution is -2.44. The summed E-state index contributed by atoms with van der Waals surface area (Å²) >= 11 is 1.84. The zero-order valence-electron chi connectivity index (χ0n) is 20.8. The summed E-state index contributed by atoms with van der Waals surface area (Å²) in [5.41, 5.74) is 9.13. The molecule has 8 nitrogen and oxygen atoms in total. The van der Waals surface area contributed by atoms with Crippen LogP contribution in [0, 0.1) is 11.6 Å². The summed E-state index contributed by atoms with van der Waals surface area (Å²) < 4.78 is 34.1. The van der Waals surface area contributed by atoms with Crippen LogP contribution in [-0.2, 0) is 14.0 Å². The molecule has 11 heteroatoms. The van der Waals surface area contributed by atoms with Gasteiger partial charge in [0.2, 0.25) is 5.91 Å². The van der Waals surface area contributed by atoms with E-state index < -0.39 is 35.7 Å². The molecule has 0 unspecified atom stereocenters. The summed E-state index contributed by atoms with van der Waals surface area (Å²) in [6.07, 6.45) is -0.425. The Labute approximate surface area is 237 Å². The number of primary amides is 1. The fraction of sp³-hybridized carbons (Fsp3) is 0.250. The number of carbonyl (C=O) groups is 3. The predicted octanol–water partition coefficient (Wildman–Crippen LogP) is 5.19. The lowest BCUT2D eigenvalue weighted by molar-refractivity contribution is -0.118. The van der Waals surface area contributed by atoms with Crippen LogP contribution >= 0.6 is 22.6 Å². The summed E-state index contributed by atoms with van der Waals surface area (Å²) in [5.74, 6) is -2.43. The maximum atomic E-state index is 14.2. The average Bonchev–Trinajstić information content (AvgIpc) is 3.22. The maximum absolute atomic E-state index is 14.2. The van der Waals surface area contributed by atoms with Crippen molar-refractivity contribution >= 4 is 46.3 Å². The molecule has 0 spiro atoms. The van der Waals surface area contributed by atoms with Gasteiger partial charge in [-0.15, -0.1) is 0 Å². The number of alkyl carbamates (subject to hydrolysis) is 1. The molecular formula is C28H27F2IN4O4. The van der Waals surface area contributed by atoms with Crippen LogP contribution in [0.2, 0.25) is 0 Å². The number of carbonyl (C=O) groups excluding carboxylic acids is 3. The van der Waals surface area contributed by atoms with Gasteiger partial charge in [-0.1, -0.05) is 71.1 Å². The SMILES string of the molecule is NC(=O)NCCC[C@H](NC(=O)OCC1c2ccccc2-c2ccccc21)C(=O)Nc1cc(F)c(CI)c(F)c1. The van der Waals surface area contributed by atoms with E-state index in [4.69, 9.17) is 10.5 Å². The van der Waals surface area contributed by atoms with Gasteiger partial charge < -0.3 is 26.4 Å². The van der Waals surface area contributed by atoms with Crippen molar-refractivity contribution in [1.82, 2.24) is 10.6 Å². The van der Waals surface area contributed by atoms with Crippen LogP contribution in [0.3, 0.4) is 0 Å². The van der Waals surface area contributed by atoms with E-state index in [0.717, 1.165) is 34.4 Å². The van der Waals surface area contributed by atoms with Gasteiger partial charge in [0.25, 0.3) is 0 Å². The van der Waals surface area contributed by atoms with Crippen LogP contribution in [0.15, 0.2) is 60.7 Å². The highest BCUT2D eigenvalue weighted by Gasteiger charge is 2.30. The van der Waals surface area contributed by atoms with E-state index in [2.05, 4.69) is 16.0 Å². The summed E-state index contributed by atoms with van der Waals surface area (Å²) in [7, 11) is 0. The van der Waals surface area contributed by atoms with Crippen molar-refractivity contribution < 1.29 is 27.9 Å². The average molecular weight is 648 g/mol. The van der Waals surface area contributed by atoms with Crippen molar-refractivity contribution in [1.29, 1.82) is 0 Å². The summed E-state index contributed by atoms with van der Waals surface area (Å²) in [6, 6.07) is 16.0. The molecule has 4 amide bonds. The van der Waals surface area contributed by atoms with Gasteiger partial charge in [0, 0.05) is 28.1 Å². The van der Waals surface area contributed by atoms with E-state index in [-0.39, 0.29) is 41.2 Å². The topological polar surface area (TPSA) is 123 Å². The molecule has 1 aliphatic carbocycles. The van der Waals surface area contributed by atoms with Gasteiger partial charge in [-0.05, 0) is 47.2 Å². The van der Waals surface area contributed by atoms with Gasteiger partial charge in [0.05, 0.1) is 0 Å². The molecule has 0 aliphatic heterocycles. The fourth-order valence-electron chi connectivity index (χ4n) is 4.60. The maximum Gasteiger partial charge on any atom is 0.407 e. The third-order valence-electron chi connectivity index (χ3n) is 6.46. The van der Waals surface area contributed by atoms with E-state index in [1.807, 2.05) is 71.1 Å². The Bertz CT molecular complexity index is 1320. The van der Waals surface area contributed by atoms with Crippen LogP contribution in [0.1, 0.15) is 35.4 Å². The van der Waals surface area contributed by atoms with Crippen molar-refractivity contribution in [2.75, 3.05) is 18.5 Å². The first-order valence-electron chi connectivity index (χ1n) is 12.3. The molecule has 5 N–H and O–H groups in total. The van der Waals surface area contributed by atoms with Crippen LogP contribution < -0.4 is 21.7 Å². The summed E-state index contributed by atoms with van der Waals surface area (Å²) in [5, 5.41) is 7.41. The second kappa shape index (κ2) is 12.9. The molecule has 39 heavy (non-hydrogen) atoms. The van der Waals surface area contributed by atoms with Crippen LogP contribution in [0.5, 0.6) is 0 Å². The Kier molecular flexibility index (Phi) is 9.33. The number of alkyl halides is 1. The second-order valence-electron chi connectivity index (χ2n) is 9.00. The molecular weight excluding hydrogens is 621 g/mol. The minimum atomic E-state index is -1.11. The van der Waals surface area contributed by atoms with Crippen molar-refractivity contribution in [3.63, 3.8) is 0 Å². The van der Waals surface area contributed by atoms with Crippen molar-refractivity contribution in [2.24, 2.45) is 5.73 Å². The van der Waals surface area contributed by atoms with Gasteiger partial charge in [-0.2, -0.15) is 0 Å². The zero-order valence-corrected chi connectivity index (χ0v) is 23.0. The van der Waals surface area contributed by atoms with Gasteiger partial charge in [0.1, 0.15) is 24.3 Å². The number of hydrogen-bond acceptors (Lipinski definition) is 4. The van der Waals surface area contributed by atoms with Crippen LogP contribution in [0.25, 0.3) is 11.1 Å². The van der Waals surface area contributed by atoms with Gasteiger partial charge in [-0.3, -0.25) is 4.79 Å². The second-order valence-corrected chi connectivity index (χ2v) is 9.76. The van der Waals surface area contributed by atoms with E-state index in [1.54, 1.807) is 0 Å². The molecule has 0 aromatic heterocycles. The molecule has 0 saturated heterocycles. The Morgan fingerprint density at radius 1 is 0.974 bits per heavy atom. The highest BCUT2D eigenvalue weighted by Crippen LogP contribution is 2.44. The third kappa shape index (κ3) is 6.83. The van der Waals surface area contributed by atoms with E-state index in [0.29, 0.717) is 6.42 Å². The normalized spacial score (nSPS) is 12.7. The highest BCUT2D eigenvalue weighted by atomic mass is 127. The number of urea groups is 1. The zero-order chi connectivity index (χ0) is 27.9. The molecule has 204 valence electrons. The molecule has 0 radical (unpaired) electrons. The summed E-state index contributed by atoms with van der Waals surface area (Å²) in [6.45, 7) is 0.213. The number of nitrogens with one attached hydrogen (secondary N) is 3. The first kappa shape index (κ1) is 28.3. The first-order valence-corrected chi connectivity index (χ1v) is 13.8. The first-order chi connectivity index (χ1) is 18.8. The number of ether oxygens (including phenoxy) is 1. The van der Waals surface area contributed by atoms with Crippen molar-refractivity contribution in [3.8, 4) is 11.1 Å². The number of anilines is 1. The Hall–Kier alpha value is -3.74. The molecule has 0 bridgehead atoms. The molecule has 1 aliphatic rings. The van der Waals surface area contributed by atoms with E-state index >= 15 is 0 Å². The molecule has 3 aromatic rings. The lowest BCUT2D eigenvalue weighted by atomic mass is 9.98. The molecule has 3 aromatic carbocycles. The number of nitrogens with two attached hydrogens (primary N) is 1. The molecule has 4 rings (SSSR count). The minimum Gasteiger partial charge on any atom is -0.449 e. The Morgan fingerprint density at radius 3 is 2.13 bits per heavy atom. The Morgan fingerprint density at radius 2 is 1.56 bits per heavy atom. The third-order valence-corrected chi connectivity index (χ3v) is 7.23. The number of fused-ring (bicyclic) bond motifs is 3. The van der Waals surface area contributed by atoms with Gasteiger partial charge in [-0.25, -0.2) is 18.4 Å². The molecule has 0 saturated carbocycles. The summed E-state index contributed by atoms with van der Waals surface area (Å²) in [4.78, 5) is 36.8. The number of rotatable bonds is 10. The van der Waals surface area contributed by atoms with Crippen molar-refractivity contribution in [3.05, 3.63) is 89.0 Å². The Balaban J connectivity index is 1.43. The van der Waals surface area contributed by atoms with E-state index in [1.165, 1.54) is 0 Å². The van der Waals surface area contributed by atoms with Crippen LogP contribution in [-0.4, -0.2) is 37.2 Å². The predicted molar refractivity (Wildman–Crippen MR) is 152 cm³/mol. The number of hydrogen-bond donors (Lipinski definition) is 4. The van der Waals surface area contributed by atoms with Crippen LogP contribution in [0.4, 0.5) is 24.1 Å². The minimum absolute atomic E-state index is 0.0472. The standard InChI is InChI=1S/C28H27F2IN4O4/c29-23-12-16(13-24(30)21(23)14-31)34-26(36)25(10-5-11-33-27(32)37)35-28(38)39-15-22-19-8-3-1-6-17(19)18-7-2-4-9-20(18)22/h1-4,6-9,12-13,22,25H,5,10-11,14-15H2,(H,34,36)(H,35,38)(H3,32,33,37)/t25-/m0/s1. The van der Waals surface area contributed by atoms with Crippen molar-refractivity contribution in [2.45, 2.75) is 29.2 Å². The fourth-order valence-corrected chi connectivity index (χ4v) is 5.33. The monoisotopic (exact) mass is 648 g/mol. The number of benzene rings is 3.